The zero-order chi connectivity index (χ0) is 27.1. The Kier molecular flexibility index (Phi) is 6.06. The van der Waals surface area contributed by atoms with Crippen molar-refractivity contribution < 1.29 is 19.0 Å². The van der Waals surface area contributed by atoms with Gasteiger partial charge in [0.2, 0.25) is 0 Å². The van der Waals surface area contributed by atoms with Crippen molar-refractivity contribution >= 4 is 23.0 Å². The Bertz CT molecular complexity index is 1570. The second-order valence-corrected chi connectivity index (χ2v) is 10.3. The largest absolute Gasteiger partial charge is 0.496 e. The van der Waals surface area contributed by atoms with Crippen LogP contribution in [0.15, 0.2) is 84.6 Å². The summed E-state index contributed by atoms with van der Waals surface area (Å²) in [5.74, 6) is 1.46. The molecule has 0 unspecified atom stereocenters. The maximum atomic E-state index is 12.6. The molecule has 7 heteroatoms. The average molecular weight is 522 g/mol. The SMILES string of the molecule is COc1cc(OC(=O)C2=CNCC=C2)ccc1-c1ccc2c3c1CN(c1ccccc1OC)C3=CC(C)(C)N2. The Hall–Kier alpha value is -4.65. The van der Waals surface area contributed by atoms with Crippen LogP contribution >= 0.6 is 0 Å². The van der Waals surface area contributed by atoms with Crippen LogP contribution in [0.2, 0.25) is 0 Å². The van der Waals surface area contributed by atoms with Gasteiger partial charge in [0.1, 0.15) is 17.2 Å². The molecule has 3 aliphatic rings. The van der Waals surface area contributed by atoms with E-state index in [1.54, 1.807) is 32.6 Å². The van der Waals surface area contributed by atoms with Crippen molar-refractivity contribution in [2.45, 2.75) is 25.9 Å². The molecule has 0 radical (unpaired) electrons. The van der Waals surface area contributed by atoms with Crippen molar-refractivity contribution in [1.29, 1.82) is 0 Å². The molecule has 198 valence electrons. The van der Waals surface area contributed by atoms with E-state index in [-0.39, 0.29) is 5.54 Å². The third-order valence-electron chi connectivity index (χ3n) is 7.21. The molecule has 0 aromatic heterocycles. The first-order valence-electron chi connectivity index (χ1n) is 13.0. The molecule has 2 N–H and O–H groups in total. The fraction of sp³-hybridized carbons (Fsp3) is 0.219. The summed E-state index contributed by atoms with van der Waals surface area (Å²) >= 11 is 0. The van der Waals surface area contributed by atoms with Crippen molar-refractivity contribution in [2.75, 3.05) is 31.0 Å². The van der Waals surface area contributed by atoms with Gasteiger partial charge in [0, 0.05) is 47.9 Å². The fourth-order valence-electron chi connectivity index (χ4n) is 5.50. The van der Waals surface area contributed by atoms with Gasteiger partial charge in [0.15, 0.2) is 0 Å². The van der Waals surface area contributed by atoms with Gasteiger partial charge in [-0.2, -0.15) is 0 Å². The molecule has 0 fully saturated rings. The summed E-state index contributed by atoms with van der Waals surface area (Å²) in [4.78, 5) is 14.9. The standard InChI is InChI=1S/C32H31N3O4/c1-32(2)17-27-30-24(19-35(27)26-9-5-6-10-28(26)37-3)22(13-14-25(30)34-32)23-12-11-21(16-29(23)38-4)39-31(36)20-8-7-15-33-18-20/h5-14,16-18,33-34H,15,19H2,1-4H3. The summed E-state index contributed by atoms with van der Waals surface area (Å²) in [6, 6.07) is 17.9. The van der Waals surface area contributed by atoms with Crippen molar-refractivity contribution in [2.24, 2.45) is 0 Å². The molecule has 0 amide bonds. The van der Waals surface area contributed by atoms with E-state index in [1.807, 2.05) is 36.4 Å². The van der Waals surface area contributed by atoms with Crippen LogP contribution in [0, 0.1) is 0 Å². The molecular weight excluding hydrogens is 490 g/mol. The van der Waals surface area contributed by atoms with E-state index in [1.165, 1.54) is 11.1 Å². The predicted molar refractivity (Wildman–Crippen MR) is 154 cm³/mol. The van der Waals surface area contributed by atoms with Gasteiger partial charge in [-0.15, -0.1) is 0 Å². The van der Waals surface area contributed by atoms with Gasteiger partial charge in [-0.05, 0) is 67.5 Å². The number of benzene rings is 3. The number of nitrogens with zero attached hydrogens (tertiary/aromatic N) is 1. The van der Waals surface area contributed by atoms with E-state index in [0.29, 0.717) is 30.2 Å². The lowest BCUT2D eigenvalue weighted by molar-refractivity contribution is -0.129. The van der Waals surface area contributed by atoms with Crippen molar-refractivity contribution in [1.82, 2.24) is 5.32 Å². The highest BCUT2D eigenvalue weighted by Gasteiger charge is 2.37. The normalized spacial score (nSPS) is 16.4. The van der Waals surface area contributed by atoms with Crippen LogP contribution < -0.4 is 29.7 Å². The van der Waals surface area contributed by atoms with E-state index < -0.39 is 5.97 Å². The lowest BCUT2D eigenvalue weighted by atomic mass is 9.89. The summed E-state index contributed by atoms with van der Waals surface area (Å²) in [6.07, 6.45) is 7.58. The number of dihydropyridines is 1. The van der Waals surface area contributed by atoms with Crippen molar-refractivity contribution in [3.8, 4) is 28.4 Å². The highest BCUT2D eigenvalue weighted by atomic mass is 16.5. The molecule has 3 aromatic rings. The summed E-state index contributed by atoms with van der Waals surface area (Å²) < 4.78 is 17.2. The fourth-order valence-corrected chi connectivity index (χ4v) is 5.50. The number of methoxy groups -OCH3 is 2. The first-order valence-corrected chi connectivity index (χ1v) is 13.0. The minimum atomic E-state index is -0.420. The number of ether oxygens (including phenoxy) is 3. The minimum absolute atomic E-state index is 0.215. The highest BCUT2D eigenvalue weighted by molar-refractivity contribution is 5.98. The molecule has 0 aliphatic carbocycles. The number of hydrogen-bond acceptors (Lipinski definition) is 7. The van der Waals surface area contributed by atoms with Crippen LogP contribution in [0.25, 0.3) is 16.8 Å². The van der Waals surface area contributed by atoms with Gasteiger partial charge in [-0.1, -0.05) is 24.3 Å². The van der Waals surface area contributed by atoms with E-state index in [0.717, 1.165) is 33.9 Å². The maximum Gasteiger partial charge on any atom is 0.344 e. The molecule has 3 aromatic carbocycles. The Labute approximate surface area is 228 Å². The third kappa shape index (κ3) is 4.40. The van der Waals surface area contributed by atoms with E-state index in [4.69, 9.17) is 14.2 Å². The smallest absolute Gasteiger partial charge is 0.344 e. The first kappa shape index (κ1) is 24.7. The molecule has 3 heterocycles. The highest BCUT2D eigenvalue weighted by Crippen LogP contribution is 2.51. The van der Waals surface area contributed by atoms with E-state index in [9.17, 15) is 4.79 Å². The lowest BCUT2D eigenvalue weighted by Gasteiger charge is -2.33. The zero-order valence-electron chi connectivity index (χ0n) is 22.5. The maximum absolute atomic E-state index is 12.6. The van der Waals surface area contributed by atoms with Crippen LogP contribution in [0.3, 0.4) is 0 Å². The van der Waals surface area contributed by atoms with Gasteiger partial charge < -0.3 is 29.7 Å². The molecule has 0 atom stereocenters. The van der Waals surface area contributed by atoms with Crippen LogP contribution in [-0.4, -0.2) is 32.3 Å². The van der Waals surface area contributed by atoms with Crippen molar-refractivity contribution in [3.05, 3.63) is 95.7 Å². The Balaban J connectivity index is 1.41. The number of esters is 1. The topological polar surface area (TPSA) is 72.1 Å². The lowest BCUT2D eigenvalue weighted by Crippen LogP contribution is -2.33. The number of carbonyl (C=O) groups is 1. The predicted octanol–water partition coefficient (Wildman–Crippen LogP) is 5.88. The van der Waals surface area contributed by atoms with Gasteiger partial charge in [-0.3, -0.25) is 0 Å². The van der Waals surface area contributed by atoms with E-state index >= 15 is 0 Å². The average Bonchev–Trinajstić information content (AvgIpc) is 3.32. The minimum Gasteiger partial charge on any atom is -0.496 e. The quantitative estimate of drug-likeness (QED) is 0.310. The van der Waals surface area contributed by atoms with Crippen LogP contribution in [0.4, 0.5) is 11.4 Å². The number of hydrogen-bond donors (Lipinski definition) is 2. The molecular formula is C32H31N3O4. The number of nitrogens with one attached hydrogen (secondary N) is 2. The molecule has 0 saturated heterocycles. The Morgan fingerprint density at radius 2 is 1.77 bits per heavy atom. The third-order valence-corrected chi connectivity index (χ3v) is 7.21. The van der Waals surface area contributed by atoms with Gasteiger partial charge >= 0.3 is 5.97 Å². The summed E-state index contributed by atoms with van der Waals surface area (Å²) in [7, 11) is 3.34. The summed E-state index contributed by atoms with van der Waals surface area (Å²) in [6.45, 7) is 5.72. The van der Waals surface area contributed by atoms with Gasteiger partial charge in [0.25, 0.3) is 0 Å². The van der Waals surface area contributed by atoms with Crippen LogP contribution in [0.1, 0.15) is 25.0 Å². The van der Waals surface area contributed by atoms with Gasteiger partial charge in [-0.25, -0.2) is 4.79 Å². The Morgan fingerprint density at radius 3 is 2.54 bits per heavy atom. The molecule has 7 nitrogen and oxygen atoms in total. The van der Waals surface area contributed by atoms with Crippen LogP contribution in [0.5, 0.6) is 17.2 Å². The Morgan fingerprint density at radius 1 is 0.974 bits per heavy atom. The number of rotatable bonds is 6. The number of para-hydroxylation sites is 2. The second kappa shape index (κ2) is 9.58. The molecule has 3 aliphatic heterocycles. The van der Waals surface area contributed by atoms with E-state index in [2.05, 4.69) is 53.7 Å². The zero-order valence-corrected chi connectivity index (χ0v) is 22.5. The molecule has 0 spiro atoms. The monoisotopic (exact) mass is 521 g/mol. The number of anilines is 2. The van der Waals surface area contributed by atoms with Gasteiger partial charge in [0.05, 0.1) is 31.0 Å². The molecule has 39 heavy (non-hydrogen) atoms. The molecule has 0 saturated carbocycles. The molecule has 6 rings (SSSR count). The molecule has 0 bridgehead atoms. The summed E-state index contributed by atoms with van der Waals surface area (Å²) in [5.41, 5.74) is 7.90. The summed E-state index contributed by atoms with van der Waals surface area (Å²) in [5, 5.41) is 6.71. The van der Waals surface area contributed by atoms with Crippen molar-refractivity contribution in [3.63, 3.8) is 0 Å². The number of carbonyl (C=O) groups excluding carboxylic acids is 1. The first-order chi connectivity index (χ1) is 18.9. The van der Waals surface area contributed by atoms with Crippen LogP contribution in [-0.2, 0) is 11.3 Å². The second-order valence-electron chi connectivity index (χ2n) is 10.3.